The Kier molecular flexibility index (Phi) is 3.47. The van der Waals surface area contributed by atoms with Gasteiger partial charge in [-0.1, -0.05) is 48.5 Å². The average Bonchev–Trinajstić information content (AvgIpc) is 2.59. The fourth-order valence-electron chi connectivity index (χ4n) is 3.11. The second-order valence-corrected chi connectivity index (χ2v) is 5.78. The summed E-state index contributed by atoms with van der Waals surface area (Å²) in [7, 11) is 0. The third-order valence-electron chi connectivity index (χ3n) is 4.06. The van der Waals surface area contributed by atoms with E-state index in [0.717, 1.165) is 38.6 Å². The van der Waals surface area contributed by atoms with Crippen LogP contribution in [0.5, 0.6) is 0 Å². The number of amides is 1. The summed E-state index contributed by atoms with van der Waals surface area (Å²) >= 11 is 0. The van der Waals surface area contributed by atoms with E-state index in [1.54, 1.807) is 0 Å². The highest BCUT2D eigenvalue weighted by Gasteiger charge is 2.11. The molecule has 24 heavy (non-hydrogen) atoms. The molecule has 0 aliphatic rings. The third-order valence-corrected chi connectivity index (χ3v) is 4.06. The van der Waals surface area contributed by atoms with Crippen molar-refractivity contribution in [1.82, 2.24) is 4.98 Å². The number of aromatic nitrogens is 1. The van der Waals surface area contributed by atoms with Gasteiger partial charge in [-0.15, -0.1) is 0 Å². The Morgan fingerprint density at radius 2 is 1.46 bits per heavy atom. The smallest absolute Gasteiger partial charge is 0.221 e. The first-order valence-electron chi connectivity index (χ1n) is 7.88. The Labute approximate surface area is 140 Å². The van der Waals surface area contributed by atoms with Crippen LogP contribution in [0.2, 0.25) is 0 Å². The highest BCUT2D eigenvalue weighted by atomic mass is 16.1. The summed E-state index contributed by atoms with van der Waals surface area (Å²) in [6.07, 6.45) is 0. The summed E-state index contributed by atoms with van der Waals surface area (Å²) in [5.41, 5.74) is 4.94. The fourth-order valence-corrected chi connectivity index (χ4v) is 3.11. The van der Waals surface area contributed by atoms with E-state index < -0.39 is 0 Å². The van der Waals surface area contributed by atoms with Crippen LogP contribution in [0.1, 0.15) is 6.92 Å². The topological polar surface area (TPSA) is 42.0 Å². The van der Waals surface area contributed by atoms with Crippen LogP contribution in [0.25, 0.3) is 32.9 Å². The number of carbonyl (C=O) groups is 1. The molecule has 4 aromatic rings. The zero-order chi connectivity index (χ0) is 16.5. The number of para-hydroxylation sites is 2. The number of nitrogens with zero attached hydrogens (tertiary/aromatic N) is 1. The van der Waals surface area contributed by atoms with Crippen LogP contribution in [-0.2, 0) is 4.79 Å². The minimum atomic E-state index is -0.0726. The lowest BCUT2D eigenvalue weighted by molar-refractivity contribution is -0.114. The molecule has 4 rings (SSSR count). The van der Waals surface area contributed by atoms with Crippen molar-refractivity contribution in [2.75, 3.05) is 5.32 Å². The molecule has 1 amide bonds. The maximum Gasteiger partial charge on any atom is 0.221 e. The highest BCUT2D eigenvalue weighted by molar-refractivity contribution is 6.09. The summed E-state index contributed by atoms with van der Waals surface area (Å²) in [5, 5.41) is 5.07. The normalized spacial score (nSPS) is 10.9. The molecule has 0 unspecified atom stereocenters. The van der Waals surface area contributed by atoms with Gasteiger partial charge in [-0.05, 0) is 29.8 Å². The van der Waals surface area contributed by atoms with Gasteiger partial charge in [0.05, 0.1) is 11.0 Å². The van der Waals surface area contributed by atoms with E-state index in [4.69, 9.17) is 4.98 Å². The van der Waals surface area contributed by atoms with Gasteiger partial charge in [0.15, 0.2) is 0 Å². The second-order valence-electron chi connectivity index (χ2n) is 5.78. The van der Waals surface area contributed by atoms with Crippen molar-refractivity contribution in [2.45, 2.75) is 6.92 Å². The minimum Gasteiger partial charge on any atom is -0.326 e. The summed E-state index contributed by atoms with van der Waals surface area (Å²) in [5.74, 6) is -0.0726. The fraction of sp³-hybridized carbons (Fsp3) is 0.0476. The number of anilines is 1. The number of hydrogen-bond donors (Lipinski definition) is 1. The van der Waals surface area contributed by atoms with E-state index in [9.17, 15) is 4.79 Å². The average molecular weight is 312 g/mol. The van der Waals surface area contributed by atoms with Crippen LogP contribution in [0.4, 0.5) is 5.69 Å². The Morgan fingerprint density at radius 3 is 2.08 bits per heavy atom. The molecule has 3 nitrogen and oxygen atoms in total. The highest BCUT2D eigenvalue weighted by Crippen LogP contribution is 2.35. The molecule has 0 spiro atoms. The number of rotatable bonds is 2. The molecule has 116 valence electrons. The van der Waals surface area contributed by atoms with Crippen LogP contribution in [-0.4, -0.2) is 10.9 Å². The Morgan fingerprint density at radius 1 is 0.833 bits per heavy atom. The minimum absolute atomic E-state index is 0.0726. The monoisotopic (exact) mass is 312 g/mol. The number of benzene rings is 3. The molecule has 1 N–H and O–H groups in total. The molecule has 1 heterocycles. The Hall–Kier alpha value is -3.20. The molecular formula is C21H16N2O. The Bertz CT molecular complexity index is 1020. The standard InChI is InChI=1S/C21H16N2O/c1-14(24)22-16-8-6-7-15(13-16)21-17-9-2-4-11-19(17)23-20-12-5-3-10-18(20)21/h2-13H,1H3,(H,22,24). The van der Waals surface area contributed by atoms with E-state index in [1.165, 1.54) is 6.92 Å². The van der Waals surface area contributed by atoms with Crippen LogP contribution < -0.4 is 5.32 Å². The molecule has 0 saturated heterocycles. The number of nitrogens with one attached hydrogen (secondary N) is 1. The summed E-state index contributed by atoms with van der Waals surface area (Å²) in [4.78, 5) is 16.1. The SMILES string of the molecule is CC(=O)Nc1cccc(-c2c3ccccc3nc3ccccc23)c1. The van der Waals surface area contributed by atoms with Gasteiger partial charge in [0.1, 0.15) is 0 Å². The lowest BCUT2D eigenvalue weighted by atomic mass is 9.96. The summed E-state index contributed by atoms with van der Waals surface area (Å²) in [6.45, 7) is 1.52. The molecule has 0 radical (unpaired) electrons. The van der Waals surface area contributed by atoms with Crippen LogP contribution in [0.15, 0.2) is 72.8 Å². The first-order chi connectivity index (χ1) is 11.7. The van der Waals surface area contributed by atoms with Crippen LogP contribution in [0, 0.1) is 0 Å². The maximum absolute atomic E-state index is 11.4. The summed E-state index contributed by atoms with van der Waals surface area (Å²) in [6, 6.07) is 24.2. The summed E-state index contributed by atoms with van der Waals surface area (Å²) < 4.78 is 0. The van der Waals surface area contributed by atoms with Gasteiger partial charge in [-0.3, -0.25) is 4.79 Å². The molecule has 0 aliphatic carbocycles. The quantitative estimate of drug-likeness (QED) is 0.528. The molecule has 0 saturated carbocycles. The van der Waals surface area contributed by atoms with Crippen molar-refractivity contribution in [1.29, 1.82) is 0 Å². The van der Waals surface area contributed by atoms with E-state index >= 15 is 0 Å². The van der Waals surface area contributed by atoms with Gasteiger partial charge in [-0.25, -0.2) is 4.98 Å². The van der Waals surface area contributed by atoms with Crippen molar-refractivity contribution < 1.29 is 4.79 Å². The predicted octanol–water partition coefficient (Wildman–Crippen LogP) is 5.01. The van der Waals surface area contributed by atoms with Crippen molar-refractivity contribution in [3.8, 4) is 11.1 Å². The number of fused-ring (bicyclic) bond motifs is 2. The van der Waals surface area contributed by atoms with E-state index in [1.807, 2.05) is 54.6 Å². The van der Waals surface area contributed by atoms with E-state index in [2.05, 4.69) is 23.5 Å². The number of pyridine rings is 1. The maximum atomic E-state index is 11.4. The first kappa shape index (κ1) is 14.4. The van der Waals surface area contributed by atoms with Crippen molar-refractivity contribution in [2.24, 2.45) is 0 Å². The van der Waals surface area contributed by atoms with Gasteiger partial charge in [0.25, 0.3) is 0 Å². The van der Waals surface area contributed by atoms with Crippen molar-refractivity contribution >= 4 is 33.4 Å². The lowest BCUT2D eigenvalue weighted by Crippen LogP contribution is -2.05. The zero-order valence-electron chi connectivity index (χ0n) is 13.3. The van der Waals surface area contributed by atoms with Gasteiger partial charge < -0.3 is 5.32 Å². The molecule has 0 aliphatic heterocycles. The number of hydrogen-bond acceptors (Lipinski definition) is 2. The molecule has 3 aromatic carbocycles. The predicted molar refractivity (Wildman–Crippen MR) is 99.0 cm³/mol. The molecule has 0 fully saturated rings. The molecule has 3 heteroatoms. The largest absolute Gasteiger partial charge is 0.326 e. The third kappa shape index (κ3) is 2.50. The van der Waals surface area contributed by atoms with Crippen molar-refractivity contribution in [3.05, 3.63) is 72.8 Å². The molecule has 0 atom stereocenters. The van der Waals surface area contributed by atoms with Gasteiger partial charge in [0, 0.05) is 28.9 Å². The van der Waals surface area contributed by atoms with Gasteiger partial charge in [-0.2, -0.15) is 0 Å². The molecule has 1 aromatic heterocycles. The Balaban J connectivity index is 2.05. The van der Waals surface area contributed by atoms with Crippen molar-refractivity contribution in [3.63, 3.8) is 0 Å². The first-order valence-corrected chi connectivity index (χ1v) is 7.88. The lowest BCUT2D eigenvalue weighted by Gasteiger charge is -2.12. The molecular weight excluding hydrogens is 296 g/mol. The van der Waals surface area contributed by atoms with Crippen LogP contribution in [0.3, 0.4) is 0 Å². The van der Waals surface area contributed by atoms with Crippen LogP contribution >= 0.6 is 0 Å². The van der Waals surface area contributed by atoms with Gasteiger partial charge >= 0.3 is 0 Å². The number of carbonyl (C=O) groups excluding carboxylic acids is 1. The molecule has 0 bridgehead atoms. The van der Waals surface area contributed by atoms with Gasteiger partial charge in [0.2, 0.25) is 5.91 Å². The van der Waals surface area contributed by atoms with E-state index in [0.29, 0.717) is 0 Å². The second kappa shape index (κ2) is 5.78. The zero-order valence-corrected chi connectivity index (χ0v) is 13.3. The van der Waals surface area contributed by atoms with E-state index in [-0.39, 0.29) is 5.91 Å².